The fourth-order valence-corrected chi connectivity index (χ4v) is 2.01. The van der Waals surface area contributed by atoms with Gasteiger partial charge in [0.2, 0.25) is 5.95 Å². The molecule has 0 aliphatic rings. The minimum atomic E-state index is -0.487. The van der Waals surface area contributed by atoms with Crippen LogP contribution in [0.1, 0.15) is 5.69 Å². The Bertz CT molecular complexity index is 703. The van der Waals surface area contributed by atoms with Crippen molar-refractivity contribution in [3.8, 4) is 5.75 Å². The second-order valence-electron chi connectivity index (χ2n) is 3.81. The van der Waals surface area contributed by atoms with Crippen molar-refractivity contribution in [3.63, 3.8) is 0 Å². The highest BCUT2D eigenvalue weighted by Crippen LogP contribution is 2.29. The number of aromatic nitrogens is 2. The molecule has 3 rings (SSSR count). The van der Waals surface area contributed by atoms with Gasteiger partial charge in [0, 0.05) is 22.9 Å². The number of fused-ring (bicyclic) bond motifs is 3. The molecule has 0 aliphatic heterocycles. The average molecular weight is 216 g/mol. The number of H-pyrrole nitrogens is 1. The van der Waals surface area contributed by atoms with Gasteiger partial charge in [-0.05, 0) is 19.1 Å². The van der Waals surface area contributed by atoms with Crippen LogP contribution in [0.5, 0.6) is 5.75 Å². The third kappa shape index (κ3) is 1.16. The Morgan fingerprint density at radius 3 is 2.88 bits per heavy atom. The van der Waals surface area contributed by atoms with Gasteiger partial charge in [-0.25, -0.2) is 4.98 Å². The molecule has 0 spiro atoms. The number of aromatic hydroxyl groups is 1. The number of halogens is 1. The molecule has 0 saturated carbocycles. The van der Waals surface area contributed by atoms with Gasteiger partial charge in [-0.3, -0.25) is 0 Å². The number of aryl methyl sites for hydroxylation is 1. The standard InChI is InChI=1S/C12H9FN2O/c1-6-12-9(5-11(13)14-6)8-3-2-7(16)4-10(8)15-12/h2-5,15-16H,1H3. The van der Waals surface area contributed by atoms with Gasteiger partial charge in [-0.2, -0.15) is 4.39 Å². The van der Waals surface area contributed by atoms with E-state index in [2.05, 4.69) is 9.97 Å². The molecule has 0 unspecified atom stereocenters. The fraction of sp³-hybridized carbons (Fsp3) is 0.0833. The number of benzene rings is 1. The lowest BCUT2D eigenvalue weighted by Gasteiger charge is -1.95. The van der Waals surface area contributed by atoms with Crippen LogP contribution in [0.2, 0.25) is 0 Å². The minimum absolute atomic E-state index is 0.185. The number of aromatic amines is 1. The van der Waals surface area contributed by atoms with E-state index >= 15 is 0 Å². The lowest BCUT2D eigenvalue weighted by Crippen LogP contribution is -1.87. The predicted octanol–water partition coefficient (Wildman–Crippen LogP) is 2.87. The van der Waals surface area contributed by atoms with Crippen LogP contribution in [0, 0.1) is 12.9 Å². The van der Waals surface area contributed by atoms with Crippen LogP contribution >= 0.6 is 0 Å². The molecule has 4 heteroatoms. The molecule has 2 aromatic heterocycles. The van der Waals surface area contributed by atoms with Crippen molar-refractivity contribution in [2.45, 2.75) is 6.92 Å². The summed E-state index contributed by atoms with van der Waals surface area (Å²) in [7, 11) is 0. The maximum atomic E-state index is 13.2. The monoisotopic (exact) mass is 216 g/mol. The smallest absolute Gasteiger partial charge is 0.213 e. The van der Waals surface area contributed by atoms with Gasteiger partial charge in [0.1, 0.15) is 5.75 Å². The summed E-state index contributed by atoms with van der Waals surface area (Å²) in [6.45, 7) is 1.75. The largest absolute Gasteiger partial charge is 0.508 e. The molecule has 0 saturated heterocycles. The van der Waals surface area contributed by atoms with Crippen LogP contribution in [0.3, 0.4) is 0 Å². The number of hydrogen-bond donors (Lipinski definition) is 2. The van der Waals surface area contributed by atoms with E-state index in [9.17, 15) is 9.50 Å². The molecular formula is C12H9FN2O. The van der Waals surface area contributed by atoms with Gasteiger partial charge in [0.05, 0.1) is 16.7 Å². The van der Waals surface area contributed by atoms with Crippen LogP contribution in [-0.4, -0.2) is 15.1 Å². The summed E-state index contributed by atoms with van der Waals surface area (Å²) < 4.78 is 13.2. The van der Waals surface area contributed by atoms with Gasteiger partial charge in [-0.1, -0.05) is 0 Å². The number of phenolic OH excluding ortho intramolecular Hbond substituents is 1. The third-order valence-corrected chi connectivity index (χ3v) is 2.72. The van der Waals surface area contributed by atoms with E-state index in [0.29, 0.717) is 5.69 Å². The number of phenols is 1. The number of pyridine rings is 1. The summed E-state index contributed by atoms with van der Waals surface area (Å²) in [5, 5.41) is 11.0. The third-order valence-electron chi connectivity index (χ3n) is 2.72. The maximum Gasteiger partial charge on any atom is 0.213 e. The van der Waals surface area contributed by atoms with E-state index in [1.165, 1.54) is 6.07 Å². The van der Waals surface area contributed by atoms with Crippen molar-refractivity contribution in [1.82, 2.24) is 9.97 Å². The Morgan fingerprint density at radius 1 is 1.25 bits per heavy atom. The number of nitrogens with one attached hydrogen (secondary N) is 1. The van der Waals surface area contributed by atoms with Crippen LogP contribution in [0.15, 0.2) is 24.3 Å². The second-order valence-corrected chi connectivity index (χ2v) is 3.81. The molecule has 3 nitrogen and oxygen atoms in total. The molecule has 2 N–H and O–H groups in total. The lowest BCUT2D eigenvalue weighted by molar-refractivity contribution is 0.476. The predicted molar refractivity (Wildman–Crippen MR) is 60.0 cm³/mol. The number of nitrogens with zero attached hydrogens (tertiary/aromatic N) is 1. The van der Waals surface area contributed by atoms with Crippen molar-refractivity contribution < 1.29 is 9.50 Å². The Kier molecular flexibility index (Phi) is 1.68. The fourth-order valence-electron chi connectivity index (χ4n) is 2.01. The molecule has 16 heavy (non-hydrogen) atoms. The first-order valence-electron chi connectivity index (χ1n) is 4.93. The molecular weight excluding hydrogens is 207 g/mol. The summed E-state index contributed by atoms with van der Waals surface area (Å²) in [5.41, 5.74) is 2.21. The molecule has 80 valence electrons. The van der Waals surface area contributed by atoms with Crippen molar-refractivity contribution in [3.05, 3.63) is 35.9 Å². The van der Waals surface area contributed by atoms with Gasteiger partial charge >= 0.3 is 0 Å². The molecule has 0 amide bonds. The molecule has 0 atom stereocenters. The first-order chi connectivity index (χ1) is 7.65. The molecule has 1 aromatic carbocycles. The van der Waals surface area contributed by atoms with Crippen LogP contribution in [0.4, 0.5) is 4.39 Å². The summed E-state index contributed by atoms with van der Waals surface area (Å²) in [5.74, 6) is -0.302. The zero-order chi connectivity index (χ0) is 11.3. The normalized spacial score (nSPS) is 11.4. The number of hydrogen-bond acceptors (Lipinski definition) is 2. The Hall–Kier alpha value is -2.10. The van der Waals surface area contributed by atoms with E-state index in [1.807, 2.05) is 0 Å². The SMILES string of the molecule is Cc1nc(F)cc2c1[nH]c1cc(O)ccc12. The van der Waals surface area contributed by atoms with Crippen LogP contribution in [0.25, 0.3) is 21.8 Å². The highest BCUT2D eigenvalue weighted by Gasteiger charge is 2.09. The van der Waals surface area contributed by atoms with Crippen LogP contribution < -0.4 is 0 Å². The van der Waals surface area contributed by atoms with E-state index in [0.717, 1.165) is 21.8 Å². The summed E-state index contributed by atoms with van der Waals surface area (Å²) in [6, 6.07) is 6.37. The first kappa shape index (κ1) is 9.15. The van der Waals surface area contributed by atoms with Crippen molar-refractivity contribution >= 4 is 21.8 Å². The number of rotatable bonds is 0. The van der Waals surface area contributed by atoms with E-state index in [-0.39, 0.29) is 5.75 Å². The average Bonchev–Trinajstić information content (AvgIpc) is 2.56. The Morgan fingerprint density at radius 2 is 2.06 bits per heavy atom. The Labute approximate surface area is 90.5 Å². The topological polar surface area (TPSA) is 48.9 Å². The minimum Gasteiger partial charge on any atom is -0.508 e. The van der Waals surface area contributed by atoms with E-state index < -0.39 is 5.95 Å². The summed E-state index contributed by atoms with van der Waals surface area (Å²) >= 11 is 0. The molecule has 2 heterocycles. The quantitative estimate of drug-likeness (QED) is 0.567. The molecule has 3 aromatic rings. The highest BCUT2D eigenvalue weighted by molar-refractivity contribution is 6.08. The lowest BCUT2D eigenvalue weighted by atomic mass is 10.1. The highest BCUT2D eigenvalue weighted by atomic mass is 19.1. The summed E-state index contributed by atoms with van der Waals surface area (Å²) in [4.78, 5) is 6.88. The molecule has 0 bridgehead atoms. The zero-order valence-corrected chi connectivity index (χ0v) is 8.58. The van der Waals surface area contributed by atoms with E-state index in [4.69, 9.17) is 0 Å². The van der Waals surface area contributed by atoms with Gasteiger partial charge in [0.15, 0.2) is 0 Å². The van der Waals surface area contributed by atoms with E-state index in [1.54, 1.807) is 25.1 Å². The van der Waals surface area contributed by atoms with Crippen molar-refractivity contribution in [2.24, 2.45) is 0 Å². The summed E-state index contributed by atoms with van der Waals surface area (Å²) in [6.07, 6.45) is 0. The molecule has 0 fully saturated rings. The van der Waals surface area contributed by atoms with Crippen molar-refractivity contribution in [1.29, 1.82) is 0 Å². The maximum absolute atomic E-state index is 13.2. The second kappa shape index (κ2) is 2.95. The van der Waals surface area contributed by atoms with Gasteiger partial charge in [-0.15, -0.1) is 0 Å². The van der Waals surface area contributed by atoms with Gasteiger partial charge in [0.25, 0.3) is 0 Å². The van der Waals surface area contributed by atoms with Crippen LogP contribution in [-0.2, 0) is 0 Å². The zero-order valence-electron chi connectivity index (χ0n) is 8.58. The van der Waals surface area contributed by atoms with Gasteiger partial charge < -0.3 is 10.1 Å². The molecule has 0 radical (unpaired) electrons. The molecule has 0 aliphatic carbocycles. The van der Waals surface area contributed by atoms with Crippen molar-refractivity contribution in [2.75, 3.05) is 0 Å². The first-order valence-corrected chi connectivity index (χ1v) is 4.93. The Balaban J connectivity index is 2.55.